The summed E-state index contributed by atoms with van der Waals surface area (Å²) >= 11 is 0. The summed E-state index contributed by atoms with van der Waals surface area (Å²) in [7, 11) is 1.90. The monoisotopic (exact) mass is 232 g/mol. The van der Waals surface area contributed by atoms with Crippen molar-refractivity contribution in [1.29, 1.82) is 0 Å². The minimum Gasteiger partial charge on any atom is -0.388 e. The number of primary amides is 1. The second-order valence-corrected chi connectivity index (χ2v) is 4.99. The van der Waals surface area contributed by atoms with Crippen molar-refractivity contribution in [3.8, 4) is 0 Å². The zero-order valence-corrected chi connectivity index (χ0v) is 10.5. The van der Waals surface area contributed by atoms with Gasteiger partial charge in [0, 0.05) is 12.7 Å². The number of likely N-dealkylation sites (N-methyl/N-ethyl adjacent to an activating group) is 1. The van der Waals surface area contributed by atoms with Crippen LogP contribution in [0.4, 0.5) is 0 Å². The zero-order chi connectivity index (χ0) is 12.5. The lowest BCUT2D eigenvalue weighted by Gasteiger charge is -2.40. The van der Waals surface area contributed by atoms with E-state index in [-0.39, 0.29) is 5.91 Å². The van der Waals surface area contributed by atoms with Gasteiger partial charge in [-0.05, 0) is 30.4 Å². The van der Waals surface area contributed by atoms with Gasteiger partial charge in [0.15, 0.2) is 0 Å². The fourth-order valence-electron chi connectivity index (χ4n) is 2.60. The Labute approximate surface area is 102 Å². The van der Waals surface area contributed by atoms with Gasteiger partial charge in [0.05, 0.1) is 5.41 Å². The molecule has 0 heterocycles. The highest BCUT2D eigenvalue weighted by Crippen LogP contribution is 2.48. The lowest BCUT2D eigenvalue weighted by atomic mass is 9.63. The van der Waals surface area contributed by atoms with Gasteiger partial charge in [-0.3, -0.25) is 4.79 Å². The molecule has 0 aromatic carbocycles. The van der Waals surface area contributed by atoms with Gasteiger partial charge in [-0.15, -0.1) is 0 Å². The Hall–Kier alpha value is -1.51. The van der Waals surface area contributed by atoms with Crippen LogP contribution in [0.2, 0.25) is 0 Å². The molecule has 3 nitrogen and oxygen atoms in total. The van der Waals surface area contributed by atoms with Crippen molar-refractivity contribution in [2.45, 2.75) is 26.2 Å². The molecule has 1 saturated carbocycles. The van der Waals surface area contributed by atoms with Crippen molar-refractivity contribution in [2.75, 3.05) is 7.05 Å². The molecule has 0 aromatic rings. The van der Waals surface area contributed by atoms with Crippen molar-refractivity contribution in [3.63, 3.8) is 0 Å². The minimum atomic E-state index is -0.401. The van der Waals surface area contributed by atoms with E-state index < -0.39 is 5.41 Å². The Kier molecular flexibility index (Phi) is 3.09. The van der Waals surface area contributed by atoms with E-state index >= 15 is 0 Å². The fraction of sp³-hybridized carbons (Fsp3) is 0.500. The largest absolute Gasteiger partial charge is 0.388 e. The van der Waals surface area contributed by atoms with Crippen LogP contribution in [-0.2, 0) is 4.79 Å². The second-order valence-electron chi connectivity index (χ2n) is 4.99. The van der Waals surface area contributed by atoms with Crippen LogP contribution in [0, 0.1) is 11.3 Å². The number of nitrogens with one attached hydrogen (secondary N) is 1. The van der Waals surface area contributed by atoms with Crippen LogP contribution in [0.15, 0.2) is 35.6 Å². The smallest absolute Gasteiger partial charge is 0.228 e. The molecule has 1 amide bonds. The van der Waals surface area contributed by atoms with Crippen molar-refractivity contribution >= 4 is 5.91 Å². The van der Waals surface area contributed by atoms with Crippen LogP contribution >= 0.6 is 0 Å². The molecule has 0 spiro atoms. The third-order valence-electron chi connectivity index (χ3n) is 3.85. The van der Waals surface area contributed by atoms with Crippen LogP contribution in [0.1, 0.15) is 26.2 Å². The molecule has 1 fully saturated rings. The fourth-order valence-corrected chi connectivity index (χ4v) is 2.60. The Bertz CT molecular complexity index is 414. The molecule has 3 heteroatoms. The van der Waals surface area contributed by atoms with Gasteiger partial charge < -0.3 is 11.1 Å². The third kappa shape index (κ3) is 2.02. The summed E-state index contributed by atoms with van der Waals surface area (Å²) in [4.78, 5) is 11.7. The molecule has 2 aliphatic carbocycles. The molecule has 0 bridgehead atoms. The topological polar surface area (TPSA) is 55.1 Å². The standard InChI is InChI=1S/C14H20N2O/c1-10-8-11(4-5-12(9-10)16-2)14(13(15)17)6-3-7-14/h4-5,8-10,16H,3,6-7H2,1-2H3,(H2,15,17). The molecule has 0 aliphatic heterocycles. The van der Waals surface area contributed by atoms with E-state index in [1.165, 1.54) is 0 Å². The molecule has 1 unspecified atom stereocenters. The summed E-state index contributed by atoms with van der Waals surface area (Å²) in [5.74, 6) is 0.138. The van der Waals surface area contributed by atoms with Crippen LogP contribution in [0.25, 0.3) is 0 Å². The van der Waals surface area contributed by atoms with Crippen LogP contribution in [0.5, 0.6) is 0 Å². The molecular formula is C14H20N2O. The highest BCUT2D eigenvalue weighted by molar-refractivity contribution is 5.86. The van der Waals surface area contributed by atoms with Gasteiger partial charge in [0.25, 0.3) is 0 Å². The lowest BCUT2D eigenvalue weighted by molar-refractivity contribution is -0.129. The molecule has 17 heavy (non-hydrogen) atoms. The molecule has 0 saturated heterocycles. The highest BCUT2D eigenvalue weighted by Gasteiger charge is 2.45. The third-order valence-corrected chi connectivity index (χ3v) is 3.85. The number of hydrogen-bond acceptors (Lipinski definition) is 2. The van der Waals surface area contributed by atoms with Crippen molar-refractivity contribution in [3.05, 3.63) is 35.6 Å². The van der Waals surface area contributed by atoms with Crippen molar-refractivity contribution in [1.82, 2.24) is 5.32 Å². The first-order valence-electron chi connectivity index (χ1n) is 6.18. The predicted molar refractivity (Wildman–Crippen MR) is 69.0 cm³/mol. The number of hydrogen-bond donors (Lipinski definition) is 2. The predicted octanol–water partition coefficient (Wildman–Crippen LogP) is 1.88. The van der Waals surface area contributed by atoms with Gasteiger partial charge in [0.1, 0.15) is 0 Å². The highest BCUT2D eigenvalue weighted by atomic mass is 16.1. The van der Waals surface area contributed by atoms with E-state index in [0.717, 1.165) is 30.5 Å². The summed E-state index contributed by atoms with van der Waals surface area (Å²) < 4.78 is 0. The molecule has 92 valence electrons. The van der Waals surface area contributed by atoms with Crippen LogP contribution in [0.3, 0.4) is 0 Å². The van der Waals surface area contributed by atoms with Crippen molar-refractivity contribution in [2.24, 2.45) is 17.1 Å². The van der Waals surface area contributed by atoms with Gasteiger partial charge in [-0.1, -0.05) is 31.6 Å². The quantitative estimate of drug-likeness (QED) is 0.780. The lowest BCUT2D eigenvalue weighted by Crippen LogP contribution is -2.44. The number of rotatable bonds is 3. The van der Waals surface area contributed by atoms with E-state index in [2.05, 4.69) is 24.4 Å². The normalized spacial score (nSPS) is 26.4. The summed E-state index contributed by atoms with van der Waals surface area (Å²) in [6, 6.07) is 0. The molecule has 2 aliphatic rings. The first-order chi connectivity index (χ1) is 8.08. The number of carbonyl (C=O) groups is 1. The number of carbonyl (C=O) groups excluding carboxylic acids is 1. The maximum atomic E-state index is 11.7. The number of amides is 1. The average Bonchev–Trinajstić information content (AvgIpc) is 2.38. The van der Waals surface area contributed by atoms with E-state index in [4.69, 9.17) is 5.73 Å². The summed E-state index contributed by atoms with van der Waals surface area (Å²) in [5.41, 5.74) is 7.35. The summed E-state index contributed by atoms with van der Waals surface area (Å²) in [5, 5.41) is 3.14. The molecule has 3 N–H and O–H groups in total. The SMILES string of the molecule is CNC1=CC(C)C=C(C2(C(N)=O)CCC2)C=C1. The average molecular weight is 232 g/mol. The molecular weight excluding hydrogens is 212 g/mol. The maximum Gasteiger partial charge on any atom is 0.228 e. The van der Waals surface area contributed by atoms with Gasteiger partial charge in [-0.25, -0.2) is 0 Å². The minimum absolute atomic E-state index is 0.181. The Balaban J connectivity index is 2.31. The number of nitrogens with two attached hydrogens (primary N) is 1. The number of allylic oxidation sites excluding steroid dienone is 4. The van der Waals surface area contributed by atoms with Crippen LogP contribution < -0.4 is 11.1 Å². The Morgan fingerprint density at radius 2 is 2.12 bits per heavy atom. The maximum absolute atomic E-state index is 11.7. The molecule has 0 aromatic heterocycles. The summed E-state index contributed by atoms with van der Waals surface area (Å²) in [6.07, 6.45) is 11.2. The van der Waals surface area contributed by atoms with Gasteiger partial charge in [-0.2, -0.15) is 0 Å². The summed E-state index contributed by atoms with van der Waals surface area (Å²) in [6.45, 7) is 2.12. The van der Waals surface area contributed by atoms with Gasteiger partial charge in [0.2, 0.25) is 5.91 Å². The van der Waals surface area contributed by atoms with Gasteiger partial charge >= 0.3 is 0 Å². The Morgan fingerprint density at radius 1 is 1.41 bits per heavy atom. The second kappa shape index (κ2) is 4.40. The van der Waals surface area contributed by atoms with E-state index in [9.17, 15) is 4.79 Å². The first-order valence-corrected chi connectivity index (χ1v) is 6.18. The molecule has 2 rings (SSSR count). The van der Waals surface area contributed by atoms with Crippen LogP contribution in [-0.4, -0.2) is 13.0 Å². The molecule has 1 atom stereocenters. The van der Waals surface area contributed by atoms with Crippen molar-refractivity contribution < 1.29 is 4.79 Å². The zero-order valence-electron chi connectivity index (χ0n) is 10.5. The van der Waals surface area contributed by atoms with E-state index in [0.29, 0.717) is 5.92 Å². The first kappa shape index (κ1) is 12.0. The Morgan fingerprint density at radius 3 is 2.59 bits per heavy atom. The van der Waals surface area contributed by atoms with E-state index in [1.54, 1.807) is 0 Å². The van der Waals surface area contributed by atoms with E-state index in [1.807, 2.05) is 19.2 Å². The molecule has 0 radical (unpaired) electrons.